The predicted molar refractivity (Wildman–Crippen MR) is 91.1 cm³/mol. The average Bonchev–Trinajstić information content (AvgIpc) is 2.89. The minimum Gasteiger partial charge on any atom is -0.479 e. The Balaban J connectivity index is 2.27. The van der Waals surface area contributed by atoms with Crippen LogP contribution in [0.1, 0.15) is 58.7 Å². The van der Waals surface area contributed by atoms with E-state index >= 15 is 0 Å². The SMILES string of the molecule is Cc1ccc(C(NC(=O)c2cc(C(C)C)n(C)n2)C(=O)O)cc1C. The summed E-state index contributed by atoms with van der Waals surface area (Å²) in [4.78, 5) is 24.0. The lowest BCUT2D eigenvalue weighted by atomic mass is 10.0. The highest BCUT2D eigenvalue weighted by Crippen LogP contribution is 2.19. The largest absolute Gasteiger partial charge is 0.479 e. The molecule has 2 aromatic rings. The van der Waals surface area contributed by atoms with E-state index in [0.29, 0.717) is 5.56 Å². The van der Waals surface area contributed by atoms with Gasteiger partial charge in [0.15, 0.2) is 6.04 Å². The van der Waals surface area contributed by atoms with Gasteiger partial charge in [-0.2, -0.15) is 5.10 Å². The van der Waals surface area contributed by atoms with Gasteiger partial charge in [0.25, 0.3) is 5.91 Å². The summed E-state index contributed by atoms with van der Waals surface area (Å²) in [6.45, 7) is 7.88. The van der Waals surface area contributed by atoms with E-state index in [0.717, 1.165) is 16.8 Å². The molecule has 6 heteroatoms. The molecule has 1 unspecified atom stereocenters. The summed E-state index contributed by atoms with van der Waals surface area (Å²) < 4.78 is 1.64. The van der Waals surface area contributed by atoms with Crippen LogP contribution < -0.4 is 5.32 Å². The van der Waals surface area contributed by atoms with E-state index in [9.17, 15) is 14.7 Å². The summed E-state index contributed by atoms with van der Waals surface area (Å²) in [7, 11) is 1.77. The average molecular weight is 329 g/mol. The molecule has 1 amide bonds. The van der Waals surface area contributed by atoms with Crippen LogP contribution in [0, 0.1) is 13.8 Å². The molecule has 0 aliphatic rings. The lowest BCUT2D eigenvalue weighted by Crippen LogP contribution is -2.34. The third-order valence-corrected chi connectivity index (χ3v) is 4.13. The highest BCUT2D eigenvalue weighted by molar-refractivity contribution is 5.95. The monoisotopic (exact) mass is 329 g/mol. The van der Waals surface area contributed by atoms with Gasteiger partial charge in [0, 0.05) is 12.7 Å². The molecule has 1 atom stereocenters. The van der Waals surface area contributed by atoms with E-state index in [2.05, 4.69) is 10.4 Å². The van der Waals surface area contributed by atoms with Crippen LogP contribution in [0.15, 0.2) is 24.3 Å². The Morgan fingerprint density at radius 2 is 1.83 bits per heavy atom. The van der Waals surface area contributed by atoms with Gasteiger partial charge in [0.05, 0.1) is 0 Å². The van der Waals surface area contributed by atoms with Gasteiger partial charge in [0.2, 0.25) is 0 Å². The summed E-state index contributed by atoms with van der Waals surface area (Å²) >= 11 is 0. The second-order valence-corrected chi connectivity index (χ2v) is 6.32. The third-order valence-electron chi connectivity index (χ3n) is 4.13. The molecule has 0 aliphatic carbocycles. The number of carboxylic acids is 1. The number of hydrogen-bond donors (Lipinski definition) is 2. The normalized spacial score (nSPS) is 12.2. The molecule has 1 aromatic carbocycles. The maximum absolute atomic E-state index is 12.4. The molecule has 1 aromatic heterocycles. The fraction of sp³-hybridized carbons (Fsp3) is 0.389. The van der Waals surface area contributed by atoms with Crippen molar-refractivity contribution >= 4 is 11.9 Å². The predicted octanol–water partition coefficient (Wildman–Crippen LogP) is 2.72. The van der Waals surface area contributed by atoms with Gasteiger partial charge in [0.1, 0.15) is 5.69 Å². The van der Waals surface area contributed by atoms with Crippen molar-refractivity contribution in [1.82, 2.24) is 15.1 Å². The molecule has 0 fully saturated rings. The molecule has 0 aliphatic heterocycles. The van der Waals surface area contributed by atoms with Gasteiger partial charge >= 0.3 is 5.97 Å². The first-order valence-electron chi connectivity index (χ1n) is 7.85. The Morgan fingerprint density at radius 3 is 2.33 bits per heavy atom. The van der Waals surface area contributed by atoms with Gasteiger partial charge in [-0.15, -0.1) is 0 Å². The first-order valence-corrected chi connectivity index (χ1v) is 7.85. The molecule has 1 heterocycles. The number of aryl methyl sites for hydroxylation is 3. The Labute approximate surface area is 141 Å². The van der Waals surface area contributed by atoms with Crippen LogP contribution in [0.3, 0.4) is 0 Å². The minimum atomic E-state index is -1.11. The van der Waals surface area contributed by atoms with E-state index in [4.69, 9.17) is 0 Å². The topological polar surface area (TPSA) is 84.2 Å². The van der Waals surface area contributed by atoms with E-state index in [1.54, 1.807) is 29.9 Å². The molecule has 0 saturated heterocycles. The van der Waals surface area contributed by atoms with Crippen molar-refractivity contribution in [2.75, 3.05) is 0 Å². The highest BCUT2D eigenvalue weighted by atomic mass is 16.4. The van der Waals surface area contributed by atoms with Crippen LogP contribution in [-0.4, -0.2) is 26.8 Å². The molecule has 0 saturated carbocycles. The fourth-order valence-corrected chi connectivity index (χ4v) is 2.57. The lowest BCUT2D eigenvalue weighted by molar-refractivity contribution is -0.139. The lowest BCUT2D eigenvalue weighted by Gasteiger charge is -2.15. The second kappa shape index (κ2) is 6.86. The summed E-state index contributed by atoms with van der Waals surface area (Å²) in [5, 5.41) is 16.2. The van der Waals surface area contributed by atoms with Crippen molar-refractivity contribution < 1.29 is 14.7 Å². The molecule has 0 spiro atoms. The van der Waals surface area contributed by atoms with Gasteiger partial charge in [-0.1, -0.05) is 32.0 Å². The second-order valence-electron chi connectivity index (χ2n) is 6.32. The van der Waals surface area contributed by atoms with E-state index in [-0.39, 0.29) is 11.6 Å². The van der Waals surface area contributed by atoms with Gasteiger partial charge in [-0.3, -0.25) is 9.48 Å². The van der Waals surface area contributed by atoms with Crippen LogP contribution in [0.25, 0.3) is 0 Å². The smallest absolute Gasteiger partial charge is 0.330 e. The number of hydrogen-bond acceptors (Lipinski definition) is 3. The number of benzene rings is 1. The number of aliphatic carboxylic acids is 1. The van der Waals surface area contributed by atoms with Crippen LogP contribution in [0.2, 0.25) is 0 Å². The number of aromatic nitrogens is 2. The fourth-order valence-electron chi connectivity index (χ4n) is 2.57. The Morgan fingerprint density at radius 1 is 1.17 bits per heavy atom. The molecule has 2 rings (SSSR count). The number of nitrogens with zero attached hydrogens (tertiary/aromatic N) is 2. The minimum absolute atomic E-state index is 0.219. The zero-order valence-electron chi connectivity index (χ0n) is 14.6. The van der Waals surface area contributed by atoms with Crippen molar-refractivity contribution in [3.8, 4) is 0 Å². The van der Waals surface area contributed by atoms with E-state index in [1.807, 2.05) is 33.8 Å². The number of carbonyl (C=O) groups is 2. The molecule has 2 N–H and O–H groups in total. The number of carbonyl (C=O) groups excluding carboxylic acids is 1. The standard InChI is InChI=1S/C18H23N3O3/c1-10(2)15-9-14(20-21(15)5)17(22)19-16(18(23)24)13-7-6-11(3)12(4)8-13/h6-10,16H,1-5H3,(H,19,22)(H,23,24). The zero-order valence-corrected chi connectivity index (χ0v) is 14.6. The Kier molecular flexibility index (Phi) is 5.07. The quantitative estimate of drug-likeness (QED) is 0.883. The Hall–Kier alpha value is -2.63. The molecule has 0 bridgehead atoms. The number of rotatable bonds is 5. The van der Waals surface area contributed by atoms with Crippen molar-refractivity contribution in [2.24, 2.45) is 7.05 Å². The maximum Gasteiger partial charge on any atom is 0.330 e. The van der Waals surface area contributed by atoms with Gasteiger partial charge in [-0.25, -0.2) is 4.79 Å². The number of amides is 1. The van der Waals surface area contributed by atoms with Gasteiger partial charge < -0.3 is 10.4 Å². The van der Waals surface area contributed by atoms with Gasteiger partial charge in [-0.05, 0) is 42.5 Å². The summed E-state index contributed by atoms with van der Waals surface area (Å²) in [5.41, 5.74) is 3.72. The van der Waals surface area contributed by atoms with E-state index < -0.39 is 17.9 Å². The number of nitrogens with one attached hydrogen (secondary N) is 1. The summed E-state index contributed by atoms with van der Waals surface area (Å²) in [6.07, 6.45) is 0. The van der Waals surface area contributed by atoms with Crippen molar-refractivity contribution in [3.05, 3.63) is 52.3 Å². The van der Waals surface area contributed by atoms with Crippen molar-refractivity contribution in [1.29, 1.82) is 0 Å². The summed E-state index contributed by atoms with van der Waals surface area (Å²) in [6, 6.07) is 5.94. The third kappa shape index (κ3) is 3.64. The van der Waals surface area contributed by atoms with Crippen LogP contribution in [0.4, 0.5) is 0 Å². The van der Waals surface area contributed by atoms with Crippen molar-refractivity contribution in [3.63, 3.8) is 0 Å². The molecule has 24 heavy (non-hydrogen) atoms. The highest BCUT2D eigenvalue weighted by Gasteiger charge is 2.25. The molecular weight excluding hydrogens is 306 g/mol. The maximum atomic E-state index is 12.4. The summed E-state index contributed by atoms with van der Waals surface area (Å²) in [5.74, 6) is -1.38. The molecule has 128 valence electrons. The molecule has 0 radical (unpaired) electrons. The first kappa shape index (κ1) is 17.7. The van der Waals surface area contributed by atoms with Crippen LogP contribution >= 0.6 is 0 Å². The molecule has 6 nitrogen and oxygen atoms in total. The van der Waals surface area contributed by atoms with Crippen LogP contribution in [0.5, 0.6) is 0 Å². The zero-order chi connectivity index (χ0) is 18.0. The Bertz CT molecular complexity index is 778. The molecular formula is C18H23N3O3. The van der Waals surface area contributed by atoms with E-state index in [1.165, 1.54) is 0 Å². The van der Waals surface area contributed by atoms with Crippen molar-refractivity contribution in [2.45, 2.75) is 39.7 Å². The number of carboxylic acid groups (broad SMARTS) is 1. The first-order chi connectivity index (χ1) is 11.2. The van der Waals surface area contributed by atoms with Crippen LogP contribution in [-0.2, 0) is 11.8 Å².